The van der Waals surface area contributed by atoms with E-state index in [0.29, 0.717) is 0 Å². The van der Waals surface area contributed by atoms with Crippen LogP contribution >= 0.6 is 0 Å². The van der Waals surface area contributed by atoms with Crippen LogP contribution in [0.25, 0.3) is 0 Å². The number of methoxy groups -OCH3 is 1. The second-order valence-corrected chi connectivity index (χ2v) is 4.86. The van der Waals surface area contributed by atoms with Gasteiger partial charge in [-0.2, -0.15) is 0 Å². The maximum atomic E-state index is 10.2. The molecule has 0 bridgehead atoms. The third-order valence-corrected chi connectivity index (χ3v) is 4.00. The summed E-state index contributed by atoms with van der Waals surface area (Å²) in [5.74, 6) is 0. The van der Waals surface area contributed by atoms with Crippen molar-refractivity contribution < 1.29 is 9.84 Å². The molecule has 80 valence electrons. The van der Waals surface area contributed by atoms with Gasteiger partial charge in [0.25, 0.3) is 0 Å². The molecule has 0 aromatic heterocycles. The van der Waals surface area contributed by atoms with Gasteiger partial charge in [-0.05, 0) is 24.8 Å². The molecule has 0 heterocycles. The zero-order valence-corrected chi connectivity index (χ0v) is 8.96. The van der Waals surface area contributed by atoms with Crippen molar-refractivity contribution in [2.24, 2.45) is 5.41 Å². The normalized spacial score (nSPS) is 36.6. The minimum atomic E-state index is -0.319. The quantitative estimate of drug-likeness (QED) is 0.652. The maximum Gasteiger partial charge on any atom is 0.104 e. The SMILES string of the molecule is C=C1CC2(CCCCC2)C(O)C1OC. The van der Waals surface area contributed by atoms with Crippen LogP contribution in [0.4, 0.5) is 0 Å². The largest absolute Gasteiger partial charge is 0.389 e. The average molecular weight is 196 g/mol. The summed E-state index contributed by atoms with van der Waals surface area (Å²) in [6.45, 7) is 4.02. The van der Waals surface area contributed by atoms with E-state index < -0.39 is 0 Å². The highest BCUT2D eigenvalue weighted by Crippen LogP contribution is 2.51. The first-order chi connectivity index (χ1) is 6.69. The van der Waals surface area contributed by atoms with Crippen LogP contribution in [0.15, 0.2) is 12.2 Å². The van der Waals surface area contributed by atoms with E-state index in [4.69, 9.17) is 4.74 Å². The molecular formula is C12H20O2. The molecule has 2 unspecified atom stereocenters. The van der Waals surface area contributed by atoms with Crippen LogP contribution in [-0.2, 0) is 4.74 Å². The Balaban J connectivity index is 2.17. The zero-order chi connectivity index (χ0) is 10.2. The van der Waals surface area contributed by atoms with Gasteiger partial charge >= 0.3 is 0 Å². The number of rotatable bonds is 1. The van der Waals surface area contributed by atoms with E-state index in [9.17, 15) is 5.11 Å². The fourth-order valence-electron chi connectivity index (χ4n) is 3.23. The first-order valence-corrected chi connectivity index (χ1v) is 5.58. The summed E-state index contributed by atoms with van der Waals surface area (Å²) in [6.07, 6.45) is 6.64. The van der Waals surface area contributed by atoms with E-state index in [2.05, 4.69) is 6.58 Å². The van der Waals surface area contributed by atoms with Gasteiger partial charge in [0, 0.05) is 12.5 Å². The molecule has 2 atom stereocenters. The van der Waals surface area contributed by atoms with Crippen LogP contribution in [-0.4, -0.2) is 24.4 Å². The van der Waals surface area contributed by atoms with Gasteiger partial charge < -0.3 is 9.84 Å². The van der Waals surface area contributed by atoms with Gasteiger partial charge in [-0.1, -0.05) is 25.8 Å². The van der Waals surface area contributed by atoms with Gasteiger partial charge in [0.15, 0.2) is 0 Å². The van der Waals surface area contributed by atoms with Crippen molar-refractivity contribution >= 4 is 0 Å². The van der Waals surface area contributed by atoms with Gasteiger partial charge in [-0.3, -0.25) is 0 Å². The Bertz CT molecular complexity index is 228. The molecule has 2 aliphatic carbocycles. The van der Waals surface area contributed by atoms with Crippen molar-refractivity contribution in [2.45, 2.75) is 50.7 Å². The van der Waals surface area contributed by atoms with Crippen LogP contribution in [0.5, 0.6) is 0 Å². The fraction of sp³-hybridized carbons (Fsp3) is 0.833. The standard InChI is InChI=1S/C12H20O2/c1-9-8-12(6-4-3-5-7-12)11(13)10(9)14-2/h10-11,13H,1,3-8H2,2H3. The summed E-state index contributed by atoms with van der Waals surface area (Å²) in [6, 6.07) is 0. The lowest BCUT2D eigenvalue weighted by Crippen LogP contribution is -2.38. The number of ether oxygens (including phenoxy) is 1. The van der Waals surface area contributed by atoms with Crippen LogP contribution in [0.3, 0.4) is 0 Å². The summed E-state index contributed by atoms with van der Waals surface area (Å²) < 4.78 is 5.31. The van der Waals surface area contributed by atoms with Crippen molar-refractivity contribution in [2.75, 3.05) is 7.11 Å². The Labute approximate surface area is 86.0 Å². The van der Waals surface area contributed by atoms with E-state index in [1.807, 2.05) is 0 Å². The summed E-state index contributed by atoms with van der Waals surface area (Å²) in [4.78, 5) is 0. The fourth-order valence-corrected chi connectivity index (χ4v) is 3.23. The first kappa shape index (κ1) is 10.2. The molecule has 2 aliphatic rings. The Morgan fingerprint density at radius 1 is 1.36 bits per heavy atom. The predicted octanol–water partition coefficient (Wildman–Crippen LogP) is 2.27. The molecule has 0 aliphatic heterocycles. The van der Waals surface area contributed by atoms with E-state index in [-0.39, 0.29) is 17.6 Å². The molecular weight excluding hydrogens is 176 g/mol. The molecule has 0 aromatic rings. The number of hydrogen-bond acceptors (Lipinski definition) is 2. The molecule has 0 saturated heterocycles. The van der Waals surface area contributed by atoms with Gasteiger partial charge in [-0.15, -0.1) is 0 Å². The zero-order valence-electron chi connectivity index (χ0n) is 8.96. The van der Waals surface area contributed by atoms with Crippen molar-refractivity contribution in [1.82, 2.24) is 0 Å². The molecule has 14 heavy (non-hydrogen) atoms. The van der Waals surface area contributed by atoms with Crippen LogP contribution in [0, 0.1) is 5.41 Å². The van der Waals surface area contributed by atoms with E-state index >= 15 is 0 Å². The molecule has 2 saturated carbocycles. The summed E-state index contributed by atoms with van der Waals surface area (Å²) in [7, 11) is 1.67. The monoisotopic (exact) mass is 196 g/mol. The lowest BCUT2D eigenvalue weighted by atomic mass is 9.71. The second kappa shape index (κ2) is 3.67. The number of hydrogen-bond donors (Lipinski definition) is 1. The van der Waals surface area contributed by atoms with E-state index in [0.717, 1.165) is 24.8 Å². The minimum absolute atomic E-state index is 0.107. The second-order valence-electron chi connectivity index (χ2n) is 4.86. The first-order valence-electron chi connectivity index (χ1n) is 5.58. The Hall–Kier alpha value is -0.340. The molecule has 0 amide bonds. The van der Waals surface area contributed by atoms with Crippen LogP contribution in [0.2, 0.25) is 0 Å². The summed E-state index contributed by atoms with van der Waals surface area (Å²) in [5, 5.41) is 10.2. The summed E-state index contributed by atoms with van der Waals surface area (Å²) in [5.41, 5.74) is 1.19. The Kier molecular flexibility index (Phi) is 2.67. The van der Waals surface area contributed by atoms with Gasteiger partial charge in [0.2, 0.25) is 0 Å². The Morgan fingerprint density at radius 3 is 2.50 bits per heavy atom. The lowest BCUT2D eigenvalue weighted by molar-refractivity contribution is -0.0483. The van der Waals surface area contributed by atoms with Gasteiger partial charge in [-0.25, -0.2) is 0 Å². The molecule has 0 radical (unpaired) electrons. The van der Waals surface area contributed by atoms with Gasteiger partial charge in [0.1, 0.15) is 6.10 Å². The highest BCUT2D eigenvalue weighted by molar-refractivity contribution is 5.20. The minimum Gasteiger partial charge on any atom is -0.389 e. The number of aliphatic hydroxyl groups is 1. The predicted molar refractivity (Wildman–Crippen MR) is 56.1 cm³/mol. The van der Waals surface area contributed by atoms with Crippen molar-refractivity contribution in [1.29, 1.82) is 0 Å². The maximum absolute atomic E-state index is 10.2. The van der Waals surface area contributed by atoms with Crippen molar-refractivity contribution in [3.05, 3.63) is 12.2 Å². The lowest BCUT2D eigenvalue weighted by Gasteiger charge is -2.36. The van der Waals surface area contributed by atoms with E-state index in [1.54, 1.807) is 7.11 Å². The molecule has 1 N–H and O–H groups in total. The van der Waals surface area contributed by atoms with Crippen LogP contribution < -0.4 is 0 Å². The van der Waals surface area contributed by atoms with Crippen molar-refractivity contribution in [3.8, 4) is 0 Å². The average Bonchev–Trinajstić information content (AvgIpc) is 2.40. The molecule has 2 rings (SSSR count). The van der Waals surface area contributed by atoms with Gasteiger partial charge in [0.05, 0.1) is 6.10 Å². The highest BCUT2D eigenvalue weighted by Gasteiger charge is 2.49. The Morgan fingerprint density at radius 2 is 2.00 bits per heavy atom. The highest BCUT2D eigenvalue weighted by atomic mass is 16.5. The third kappa shape index (κ3) is 1.41. The third-order valence-electron chi connectivity index (χ3n) is 4.00. The number of aliphatic hydroxyl groups excluding tert-OH is 1. The molecule has 0 aromatic carbocycles. The van der Waals surface area contributed by atoms with Crippen LogP contribution in [0.1, 0.15) is 38.5 Å². The van der Waals surface area contributed by atoms with E-state index in [1.165, 1.54) is 19.3 Å². The smallest absolute Gasteiger partial charge is 0.104 e. The summed E-state index contributed by atoms with van der Waals surface area (Å²) >= 11 is 0. The molecule has 1 spiro atoms. The molecule has 2 heteroatoms. The molecule has 2 fully saturated rings. The topological polar surface area (TPSA) is 29.5 Å². The van der Waals surface area contributed by atoms with Crippen molar-refractivity contribution in [3.63, 3.8) is 0 Å². The molecule has 2 nitrogen and oxygen atoms in total.